The number of carbonyl (C=O) groups excluding carboxylic acids is 1. The Morgan fingerprint density at radius 1 is 1.28 bits per heavy atom. The van der Waals surface area contributed by atoms with Gasteiger partial charge in [0, 0.05) is 37.2 Å². The highest BCUT2D eigenvalue weighted by atomic mass is 16.5. The molecule has 1 amide bonds. The van der Waals surface area contributed by atoms with E-state index in [1.54, 1.807) is 7.11 Å². The van der Waals surface area contributed by atoms with Gasteiger partial charge < -0.3 is 14.7 Å². The average molecular weight is 401 g/mol. The lowest BCUT2D eigenvalue weighted by Gasteiger charge is -2.41. The zero-order chi connectivity index (χ0) is 21.2. The summed E-state index contributed by atoms with van der Waals surface area (Å²) in [6.07, 6.45) is 2.45. The van der Waals surface area contributed by atoms with Gasteiger partial charge in [0.2, 0.25) is 5.91 Å². The lowest BCUT2D eigenvalue weighted by atomic mass is 9.77. The standard InChI is InChI=1S/C23H32N2O4/c1-23(2,3)22(28)25-10-8-15(13-21(26)27)17(14-25)12-20-19-6-5-18(29-4)11-16(19)7-9-24-20/h5-6,11,15,17H,7-10,12-14H2,1-4H3,(H,26,27). The summed E-state index contributed by atoms with van der Waals surface area (Å²) in [7, 11) is 1.67. The van der Waals surface area contributed by atoms with Crippen molar-refractivity contribution in [2.45, 2.75) is 46.5 Å². The van der Waals surface area contributed by atoms with E-state index in [0.717, 1.165) is 36.4 Å². The van der Waals surface area contributed by atoms with Crippen molar-refractivity contribution in [3.8, 4) is 5.75 Å². The third-order valence-corrected chi connectivity index (χ3v) is 6.02. The van der Waals surface area contributed by atoms with Crippen LogP contribution in [0.2, 0.25) is 0 Å². The van der Waals surface area contributed by atoms with E-state index < -0.39 is 11.4 Å². The van der Waals surface area contributed by atoms with Crippen molar-refractivity contribution in [2.24, 2.45) is 22.2 Å². The van der Waals surface area contributed by atoms with Gasteiger partial charge in [-0.05, 0) is 60.4 Å². The summed E-state index contributed by atoms with van der Waals surface area (Å²) >= 11 is 0. The van der Waals surface area contributed by atoms with Crippen molar-refractivity contribution >= 4 is 17.6 Å². The Bertz CT molecular complexity index is 810. The largest absolute Gasteiger partial charge is 0.497 e. The fourth-order valence-electron chi connectivity index (χ4n) is 4.47. The summed E-state index contributed by atoms with van der Waals surface area (Å²) in [6, 6.07) is 6.07. The second-order valence-electron chi connectivity index (χ2n) is 9.21. The van der Waals surface area contributed by atoms with Crippen LogP contribution in [-0.2, 0) is 16.0 Å². The van der Waals surface area contributed by atoms with Crippen LogP contribution in [0.1, 0.15) is 51.2 Å². The maximum atomic E-state index is 12.8. The summed E-state index contributed by atoms with van der Waals surface area (Å²) in [4.78, 5) is 30.9. The number of nitrogens with zero attached hydrogens (tertiary/aromatic N) is 2. The number of carbonyl (C=O) groups is 2. The lowest BCUT2D eigenvalue weighted by Crippen LogP contribution is -2.48. The van der Waals surface area contributed by atoms with Crippen molar-refractivity contribution < 1.29 is 19.4 Å². The molecule has 1 saturated heterocycles. The number of likely N-dealkylation sites (tertiary alicyclic amines) is 1. The summed E-state index contributed by atoms with van der Waals surface area (Å²) in [5.74, 6) is 0.354. The Morgan fingerprint density at radius 3 is 2.69 bits per heavy atom. The zero-order valence-electron chi connectivity index (χ0n) is 17.9. The first-order chi connectivity index (χ1) is 13.7. The van der Waals surface area contributed by atoms with Gasteiger partial charge in [-0.3, -0.25) is 14.6 Å². The van der Waals surface area contributed by atoms with E-state index in [4.69, 9.17) is 9.73 Å². The van der Waals surface area contributed by atoms with Crippen LogP contribution in [0.25, 0.3) is 0 Å². The molecule has 2 atom stereocenters. The summed E-state index contributed by atoms with van der Waals surface area (Å²) in [5.41, 5.74) is 2.95. The van der Waals surface area contributed by atoms with Crippen molar-refractivity contribution in [1.82, 2.24) is 4.90 Å². The molecule has 0 radical (unpaired) electrons. The summed E-state index contributed by atoms with van der Waals surface area (Å²) in [5, 5.41) is 9.38. The number of methoxy groups -OCH3 is 1. The van der Waals surface area contributed by atoms with Crippen LogP contribution >= 0.6 is 0 Å². The first-order valence-electron chi connectivity index (χ1n) is 10.4. The number of aliphatic imine (C=N–C) groups is 1. The van der Waals surface area contributed by atoms with E-state index in [1.165, 1.54) is 5.56 Å². The maximum Gasteiger partial charge on any atom is 0.303 e. The molecular formula is C23H32N2O4. The van der Waals surface area contributed by atoms with Crippen LogP contribution in [0.5, 0.6) is 5.75 Å². The number of carboxylic acid groups (broad SMARTS) is 1. The number of rotatable bonds is 5. The van der Waals surface area contributed by atoms with Gasteiger partial charge in [-0.2, -0.15) is 0 Å². The van der Waals surface area contributed by atoms with E-state index in [-0.39, 0.29) is 24.2 Å². The molecule has 2 aliphatic heterocycles. The third kappa shape index (κ3) is 4.98. The van der Waals surface area contributed by atoms with E-state index in [0.29, 0.717) is 19.5 Å². The molecule has 1 aromatic carbocycles. The fraction of sp³-hybridized carbons (Fsp3) is 0.609. The topological polar surface area (TPSA) is 79.2 Å². The Balaban J connectivity index is 1.82. The maximum absolute atomic E-state index is 12.8. The van der Waals surface area contributed by atoms with Crippen molar-refractivity contribution in [3.63, 3.8) is 0 Å². The van der Waals surface area contributed by atoms with Crippen LogP contribution in [0.3, 0.4) is 0 Å². The fourth-order valence-corrected chi connectivity index (χ4v) is 4.47. The van der Waals surface area contributed by atoms with Gasteiger partial charge in [0.1, 0.15) is 5.75 Å². The second-order valence-corrected chi connectivity index (χ2v) is 9.21. The SMILES string of the molecule is COc1ccc2c(c1)CCN=C2CC1CN(C(=O)C(C)(C)C)CCC1CC(=O)O. The Labute approximate surface area is 173 Å². The van der Waals surface area contributed by atoms with Crippen LogP contribution in [0.4, 0.5) is 0 Å². The average Bonchev–Trinajstić information content (AvgIpc) is 2.67. The minimum absolute atomic E-state index is 0.0582. The molecule has 0 aromatic heterocycles. The van der Waals surface area contributed by atoms with Crippen LogP contribution < -0.4 is 4.74 Å². The number of hydrogen-bond acceptors (Lipinski definition) is 4. The molecule has 2 aliphatic rings. The number of hydrogen-bond donors (Lipinski definition) is 1. The molecule has 1 aromatic rings. The molecular weight excluding hydrogens is 368 g/mol. The number of carboxylic acids is 1. The van der Waals surface area contributed by atoms with Crippen LogP contribution in [0.15, 0.2) is 23.2 Å². The van der Waals surface area contributed by atoms with Crippen LogP contribution in [-0.4, -0.2) is 54.3 Å². The highest BCUT2D eigenvalue weighted by Gasteiger charge is 2.37. The van der Waals surface area contributed by atoms with Gasteiger partial charge in [0.15, 0.2) is 0 Å². The first-order valence-corrected chi connectivity index (χ1v) is 10.4. The molecule has 6 heteroatoms. The van der Waals surface area contributed by atoms with E-state index >= 15 is 0 Å². The van der Waals surface area contributed by atoms with Gasteiger partial charge in [-0.15, -0.1) is 0 Å². The highest BCUT2D eigenvalue weighted by Crippen LogP contribution is 2.34. The molecule has 0 bridgehead atoms. The Hall–Kier alpha value is -2.37. The molecule has 158 valence electrons. The lowest BCUT2D eigenvalue weighted by molar-refractivity contribution is -0.143. The Kier molecular flexibility index (Phi) is 6.30. The van der Waals surface area contributed by atoms with E-state index in [2.05, 4.69) is 12.1 Å². The molecule has 0 saturated carbocycles. The smallest absolute Gasteiger partial charge is 0.303 e. The van der Waals surface area contributed by atoms with Crippen molar-refractivity contribution in [3.05, 3.63) is 29.3 Å². The normalized spacial score (nSPS) is 21.9. The highest BCUT2D eigenvalue weighted by molar-refractivity contribution is 6.03. The number of benzene rings is 1. The van der Waals surface area contributed by atoms with E-state index in [1.807, 2.05) is 31.7 Å². The third-order valence-electron chi connectivity index (χ3n) is 6.02. The molecule has 0 aliphatic carbocycles. The zero-order valence-corrected chi connectivity index (χ0v) is 17.9. The monoisotopic (exact) mass is 400 g/mol. The Morgan fingerprint density at radius 2 is 2.03 bits per heavy atom. The van der Waals surface area contributed by atoms with Gasteiger partial charge in [0.05, 0.1) is 7.11 Å². The molecule has 3 rings (SSSR count). The van der Waals surface area contributed by atoms with Gasteiger partial charge in [-0.1, -0.05) is 20.8 Å². The predicted molar refractivity (Wildman–Crippen MR) is 113 cm³/mol. The predicted octanol–water partition coefficient (Wildman–Crippen LogP) is 3.42. The molecule has 0 spiro atoms. The number of ether oxygens (including phenoxy) is 1. The van der Waals surface area contributed by atoms with Gasteiger partial charge in [0.25, 0.3) is 0 Å². The number of amides is 1. The first kappa shape index (κ1) is 21.3. The molecule has 2 heterocycles. The quantitative estimate of drug-likeness (QED) is 0.821. The van der Waals surface area contributed by atoms with Gasteiger partial charge in [-0.25, -0.2) is 0 Å². The van der Waals surface area contributed by atoms with E-state index in [9.17, 15) is 14.7 Å². The minimum atomic E-state index is -0.772. The number of fused-ring (bicyclic) bond motifs is 1. The minimum Gasteiger partial charge on any atom is -0.497 e. The molecule has 6 nitrogen and oxygen atoms in total. The summed E-state index contributed by atoms with van der Waals surface area (Å²) in [6.45, 7) is 7.76. The molecule has 29 heavy (non-hydrogen) atoms. The molecule has 1 N–H and O–H groups in total. The number of aliphatic carboxylic acids is 1. The number of piperidine rings is 1. The molecule has 2 unspecified atom stereocenters. The van der Waals surface area contributed by atoms with Gasteiger partial charge >= 0.3 is 5.97 Å². The van der Waals surface area contributed by atoms with Crippen molar-refractivity contribution in [2.75, 3.05) is 26.7 Å². The van der Waals surface area contributed by atoms with Crippen LogP contribution in [0, 0.1) is 17.3 Å². The summed E-state index contributed by atoms with van der Waals surface area (Å²) < 4.78 is 5.35. The second kappa shape index (κ2) is 8.56. The molecule has 1 fully saturated rings. The van der Waals surface area contributed by atoms with Crippen molar-refractivity contribution in [1.29, 1.82) is 0 Å².